The van der Waals surface area contributed by atoms with Crippen molar-refractivity contribution in [3.8, 4) is 0 Å². The fourth-order valence-electron chi connectivity index (χ4n) is 2.74. The first-order valence-electron chi connectivity index (χ1n) is 9.05. The molecule has 0 aliphatic carbocycles. The van der Waals surface area contributed by atoms with Gasteiger partial charge < -0.3 is 0 Å². The van der Waals surface area contributed by atoms with Crippen LogP contribution < -0.4 is 0 Å². The molecule has 0 saturated heterocycles. The molecule has 1 aromatic rings. The van der Waals surface area contributed by atoms with Crippen LogP contribution in [0.3, 0.4) is 0 Å². The van der Waals surface area contributed by atoms with Crippen molar-refractivity contribution in [3.05, 3.63) is 35.4 Å². The normalized spacial score (nSPS) is 13.0. The predicted molar refractivity (Wildman–Crippen MR) is 103 cm³/mol. The van der Waals surface area contributed by atoms with E-state index >= 15 is 0 Å². The molecule has 1 heterocycles. The van der Waals surface area contributed by atoms with Crippen LogP contribution in [-0.4, -0.2) is 9.97 Å². The van der Waals surface area contributed by atoms with E-state index in [4.69, 9.17) is 0 Å². The second-order valence-electron chi connectivity index (χ2n) is 6.87. The molecule has 0 fully saturated rings. The van der Waals surface area contributed by atoms with Crippen molar-refractivity contribution in [2.24, 2.45) is 11.8 Å². The Balaban J connectivity index is 0.00000484. The largest absolute Gasteiger partial charge is 0.241 e. The maximum Gasteiger partial charge on any atom is 0.132 e. The topological polar surface area (TPSA) is 25.8 Å². The minimum absolute atomic E-state index is 0. The maximum atomic E-state index is 4.57. The summed E-state index contributed by atoms with van der Waals surface area (Å²) in [7, 11) is 0. The van der Waals surface area contributed by atoms with E-state index in [1.54, 1.807) is 0 Å². The van der Waals surface area contributed by atoms with E-state index in [0.717, 1.165) is 31.0 Å². The van der Waals surface area contributed by atoms with Crippen LogP contribution in [0.15, 0.2) is 24.0 Å². The summed E-state index contributed by atoms with van der Waals surface area (Å²) in [6, 6.07) is 0. The summed E-state index contributed by atoms with van der Waals surface area (Å²) in [6.45, 7) is 11.4. The van der Waals surface area contributed by atoms with Crippen molar-refractivity contribution >= 4 is 0 Å². The third kappa shape index (κ3) is 8.88. The number of aromatic nitrogens is 2. The predicted octanol–water partition coefficient (Wildman–Crippen LogP) is 6.41. The molecular formula is C21H38N2. The van der Waals surface area contributed by atoms with E-state index in [2.05, 4.69) is 50.7 Å². The Morgan fingerprint density at radius 3 is 2.22 bits per heavy atom. The number of aryl methyl sites for hydroxylation is 1. The van der Waals surface area contributed by atoms with Gasteiger partial charge in [0.1, 0.15) is 5.82 Å². The van der Waals surface area contributed by atoms with Gasteiger partial charge in [-0.2, -0.15) is 0 Å². The van der Waals surface area contributed by atoms with Crippen LogP contribution in [0.25, 0.3) is 0 Å². The quantitative estimate of drug-likeness (QED) is 0.466. The second-order valence-corrected chi connectivity index (χ2v) is 6.87. The number of hydrogen-bond acceptors (Lipinski definition) is 2. The first-order chi connectivity index (χ1) is 10.6. The molecule has 1 atom stereocenters. The maximum absolute atomic E-state index is 4.57. The lowest BCUT2D eigenvalue weighted by atomic mass is 9.91. The van der Waals surface area contributed by atoms with E-state index in [9.17, 15) is 0 Å². The molecule has 0 aliphatic rings. The smallest absolute Gasteiger partial charge is 0.132 e. The molecule has 2 heteroatoms. The Morgan fingerprint density at radius 1 is 1.04 bits per heavy atom. The molecule has 2 nitrogen and oxygen atoms in total. The van der Waals surface area contributed by atoms with Crippen molar-refractivity contribution in [1.29, 1.82) is 0 Å². The van der Waals surface area contributed by atoms with Crippen molar-refractivity contribution in [1.82, 2.24) is 9.97 Å². The van der Waals surface area contributed by atoms with E-state index < -0.39 is 0 Å². The third-order valence-electron chi connectivity index (χ3n) is 4.16. The van der Waals surface area contributed by atoms with Gasteiger partial charge in [-0.05, 0) is 43.1 Å². The summed E-state index contributed by atoms with van der Waals surface area (Å²) < 4.78 is 0. The molecule has 0 aliphatic heterocycles. The molecule has 0 N–H and O–H groups in total. The van der Waals surface area contributed by atoms with Crippen LogP contribution >= 0.6 is 0 Å². The highest BCUT2D eigenvalue weighted by Gasteiger charge is 2.10. The van der Waals surface area contributed by atoms with Gasteiger partial charge in [0.25, 0.3) is 0 Å². The molecule has 132 valence electrons. The summed E-state index contributed by atoms with van der Waals surface area (Å²) in [4.78, 5) is 9.14. The van der Waals surface area contributed by atoms with Crippen LogP contribution in [0.2, 0.25) is 0 Å². The molecule has 23 heavy (non-hydrogen) atoms. The minimum Gasteiger partial charge on any atom is -0.241 e. The van der Waals surface area contributed by atoms with Gasteiger partial charge in [-0.3, -0.25) is 0 Å². The highest BCUT2D eigenvalue weighted by Crippen LogP contribution is 2.21. The lowest BCUT2D eigenvalue weighted by Gasteiger charge is -2.15. The highest BCUT2D eigenvalue weighted by atomic mass is 14.9. The van der Waals surface area contributed by atoms with Crippen molar-refractivity contribution in [2.45, 2.75) is 87.0 Å². The first-order valence-corrected chi connectivity index (χ1v) is 9.05. The van der Waals surface area contributed by atoms with E-state index in [1.165, 1.54) is 36.8 Å². The number of rotatable bonds is 10. The molecule has 0 spiro atoms. The summed E-state index contributed by atoms with van der Waals surface area (Å²) >= 11 is 0. The fourth-order valence-corrected chi connectivity index (χ4v) is 2.74. The van der Waals surface area contributed by atoms with Gasteiger partial charge in [0.05, 0.1) is 0 Å². The Hall–Kier alpha value is -1.18. The van der Waals surface area contributed by atoms with Crippen LogP contribution in [0.4, 0.5) is 0 Å². The van der Waals surface area contributed by atoms with Gasteiger partial charge in [0.15, 0.2) is 0 Å². The van der Waals surface area contributed by atoms with Gasteiger partial charge in [0.2, 0.25) is 0 Å². The van der Waals surface area contributed by atoms with Gasteiger partial charge in [-0.15, -0.1) is 0 Å². The summed E-state index contributed by atoms with van der Waals surface area (Å²) in [5.41, 5.74) is 2.77. The number of allylic oxidation sites excluding steroid dienone is 2. The van der Waals surface area contributed by atoms with Crippen LogP contribution in [-0.2, 0) is 12.8 Å². The average Bonchev–Trinajstić information content (AvgIpc) is 2.48. The summed E-state index contributed by atoms with van der Waals surface area (Å²) in [5.74, 6) is 2.37. The highest BCUT2D eigenvalue weighted by molar-refractivity contribution is 5.14. The molecule has 0 saturated carbocycles. The molecule has 0 bridgehead atoms. The van der Waals surface area contributed by atoms with Gasteiger partial charge in [0, 0.05) is 18.8 Å². The average molecular weight is 319 g/mol. The van der Waals surface area contributed by atoms with Gasteiger partial charge in [-0.1, -0.05) is 66.5 Å². The standard InChI is InChI=1S/C20H34N2.CH4/c1-6-9-17(5)19(12-8-11-16(3)4)13-20-21-14-18(10-7-2)15-22-20;/h12,14-17H,6-11,13H2,1-5H3;1H4/b19-12+;. The molecule has 1 rings (SSSR count). The second kappa shape index (κ2) is 12.3. The van der Waals surface area contributed by atoms with Crippen molar-refractivity contribution < 1.29 is 0 Å². The molecule has 0 radical (unpaired) electrons. The molecular weight excluding hydrogens is 280 g/mol. The Morgan fingerprint density at radius 2 is 1.70 bits per heavy atom. The van der Waals surface area contributed by atoms with E-state index in [-0.39, 0.29) is 7.43 Å². The molecule has 1 aromatic heterocycles. The summed E-state index contributed by atoms with van der Waals surface area (Å²) in [6.07, 6.45) is 14.5. The zero-order chi connectivity index (χ0) is 16.4. The lowest BCUT2D eigenvalue weighted by Crippen LogP contribution is -2.06. The van der Waals surface area contributed by atoms with Gasteiger partial charge >= 0.3 is 0 Å². The van der Waals surface area contributed by atoms with Crippen LogP contribution in [0.5, 0.6) is 0 Å². The molecule has 0 aromatic carbocycles. The monoisotopic (exact) mass is 318 g/mol. The first kappa shape index (κ1) is 21.8. The SMILES string of the molecule is C.CCCc1cnc(C/C(=C\CCC(C)C)C(C)CCC)nc1. The van der Waals surface area contributed by atoms with E-state index in [1.807, 2.05) is 12.4 Å². The van der Waals surface area contributed by atoms with Crippen molar-refractivity contribution in [2.75, 3.05) is 0 Å². The van der Waals surface area contributed by atoms with Crippen molar-refractivity contribution in [3.63, 3.8) is 0 Å². The van der Waals surface area contributed by atoms with E-state index in [0.29, 0.717) is 5.92 Å². The van der Waals surface area contributed by atoms with Crippen LogP contribution in [0, 0.1) is 11.8 Å². The number of nitrogens with zero attached hydrogens (tertiary/aromatic N) is 2. The zero-order valence-corrected chi connectivity index (χ0v) is 15.2. The lowest BCUT2D eigenvalue weighted by molar-refractivity contribution is 0.566. The zero-order valence-electron chi connectivity index (χ0n) is 15.2. The molecule has 0 amide bonds. The number of hydrogen-bond donors (Lipinski definition) is 0. The van der Waals surface area contributed by atoms with Crippen LogP contribution in [0.1, 0.15) is 85.5 Å². The minimum atomic E-state index is 0. The fraction of sp³-hybridized carbons (Fsp3) is 0.714. The Bertz CT molecular complexity index is 432. The van der Waals surface area contributed by atoms with Gasteiger partial charge in [-0.25, -0.2) is 9.97 Å². The Kier molecular flexibility index (Phi) is 11.6. The Labute approximate surface area is 144 Å². The third-order valence-corrected chi connectivity index (χ3v) is 4.16. The summed E-state index contributed by atoms with van der Waals surface area (Å²) in [5, 5.41) is 0. The molecule has 1 unspecified atom stereocenters.